The first kappa shape index (κ1) is 31.0. The third-order valence-corrected chi connectivity index (χ3v) is 8.46. The zero-order valence-corrected chi connectivity index (χ0v) is 25.4. The van der Waals surface area contributed by atoms with Gasteiger partial charge in [0.15, 0.2) is 0 Å². The van der Waals surface area contributed by atoms with Crippen LogP contribution < -0.4 is 10.1 Å². The highest BCUT2D eigenvalue weighted by atomic mass is 35.5. The van der Waals surface area contributed by atoms with E-state index in [-0.39, 0.29) is 30.2 Å². The van der Waals surface area contributed by atoms with E-state index in [1.807, 2.05) is 18.2 Å². The molecule has 0 aliphatic heterocycles. The summed E-state index contributed by atoms with van der Waals surface area (Å²) in [6.07, 6.45) is 2.06. The average molecular weight is 644 g/mol. The van der Waals surface area contributed by atoms with Gasteiger partial charge in [-0.05, 0) is 78.6 Å². The van der Waals surface area contributed by atoms with Gasteiger partial charge in [0.05, 0.1) is 22.2 Å². The molecule has 224 valence electrons. The Morgan fingerprint density at radius 3 is 2.37 bits per heavy atom. The van der Waals surface area contributed by atoms with Crippen molar-refractivity contribution in [2.45, 2.75) is 43.3 Å². The number of rotatable bonds is 10. The van der Waals surface area contributed by atoms with E-state index >= 15 is 0 Å². The summed E-state index contributed by atoms with van der Waals surface area (Å²) in [4.78, 5) is 22.5. The molecule has 2 fully saturated rings. The second-order valence-corrected chi connectivity index (χ2v) is 11.5. The fraction of sp³-hybridized carbons (Fsp3) is 0.281. The van der Waals surface area contributed by atoms with Crippen molar-refractivity contribution in [3.63, 3.8) is 0 Å². The maximum atomic E-state index is 12.1. The van der Waals surface area contributed by atoms with Crippen molar-refractivity contribution < 1.29 is 29.1 Å². The third kappa shape index (κ3) is 6.74. The van der Waals surface area contributed by atoms with Crippen LogP contribution >= 0.6 is 34.8 Å². The topological polar surface area (TPSA) is 122 Å². The molecule has 0 radical (unpaired) electrons. The summed E-state index contributed by atoms with van der Waals surface area (Å²) in [5.74, 6) is 1.34. The smallest absolute Gasteiger partial charge is 0.251 e. The lowest BCUT2D eigenvalue weighted by atomic mass is 10.0. The van der Waals surface area contributed by atoms with Crippen molar-refractivity contribution in [1.29, 1.82) is 0 Å². The summed E-state index contributed by atoms with van der Waals surface area (Å²) < 4.78 is 11.6. The molecule has 6 rings (SSSR count). The van der Waals surface area contributed by atoms with Gasteiger partial charge in [0.1, 0.15) is 23.5 Å². The van der Waals surface area contributed by atoms with Gasteiger partial charge in [0.2, 0.25) is 6.29 Å². The Labute approximate surface area is 263 Å². The van der Waals surface area contributed by atoms with Gasteiger partial charge in [0.25, 0.3) is 5.91 Å². The van der Waals surface area contributed by atoms with Crippen LogP contribution in [0.1, 0.15) is 76.1 Å². The Morgan fingerprint density at radius 2 is 1.74 bits per heavy atom. The van der Waals surface area contributed by atoms with Gasteiger partial charge < -0.3 is 29.6 Å². The normalized spacial score (nSPS) is 17.8. The lowest BCUT2D eigenvalue weighted by molar-refractivity contribution is -0.107. The number of nitrogens with one attached hydrogen (secondary N) is 1. The molecule has 0 spiro atoms. The van der Waals surface area contributed by atoms with E-state index in [1.54, 1.807) is 42.5 Å². The van der Waals surface area contributed by atoms with E-state index in [0.29, 0.717) is 55.2 Å². The highest BCUT2D eigenvalue weighted by Gasteiger charge is 2.41. The summed E-state index contributed by atoms with van der Waals surface area (Å²) >= 11 is 19.6. The van der Waals surface area contributed by atoms with Gasteiger partial charge >= 0.3 is 0 Å². The first-order valence-corrected chi connectivity index (χ1v) is 14.8. The summed E-state index contributed by atoms with van der Waals surface area (Å²) in [6, 6.07) is 17.9. The van der Waals surface area contributed by atoms with Crippen LogP contribution in [0.15, 0.2) is 65.2 Å². The van der Waals surface area contributed by atoms with Crippen LogP contribution in [0.5, 0.6) is 5.75 Å². The molecule has 1 aromatic heterocycles. The summed E-state index contributed by atoms with van der Waals surface area (Å²) in [6.45, 7) is -0.0158. The predicted octanol–water partition coefficient (Wildman–Crippen LogP) is 7.06. The minimum absolute atomic E-state index is 0.0158. The van der Waals surface area contributed by atoms with Crippen LogP contribution in [0.2, 0.25) is 15.1 Å². The van der Waals surface area contributed by atoms with E-state index in [0.717, 1.165) is 37.5 Å². The number of nitrogens with zero attached hydrogens (tertiary/aromatic N) is 1. The lowest BCUT2D eigenvalue weighted by Gasteiger charge is -2.16. The van der Waals surface area contributed by atoms with Crippen LogP contribution in [0.25, 0.3) is 11.3 Å². The molecule has 3 unspecified atom stereocenters. The Morgan fingerprint density at radius 1 is 1.05 bits per heavy atom. The number of benzene rings is 3. The van der Waals surface area contributed by atoms with Gasteiger partial charge in [-0.1, -0.05) is 64.2 Å². The van der Waals surface area contributed by atoms with E-state index in [2.05, 4.69) is 10.5 Å². The molecular weight excluding hydrogens is 615 g/mol. The molecule has 4 aromatic rings. The van der Waals surface area contributed by atoms with Gasteiger partial charge in [0, 0.05) is 29.2 Å². The molecule has 1 heterocycles. The molecule has 3 atom stereocenters. The average Bonchev–Trinajstić information content (AvgIpc) is 3.95. The van der Waals surface area contributed by atoms with Crippen molar-refractivity contribution >= 4 is 47.0 Å². The number of amides is 1. The van der Waals surface area contributed by atoms with E-state index in [4.69, 9.17) is 49.2 Å². The van der Waals surface area contributed by atoms with E-state index < -0.39 is 6.29 Å². The fourth-order valence-corrected chi connectivity index (χ4v) is 6.07. The van der Waals surface area contributed by atoms with Crippen molar-refractivity contribution in [3.05, 3.63) is 104 Å². The Hall–Kier alpha value is -3.40. The molecule has 3 N–H and O–H groups in total. The van der Waals surface area contributed by atoms with Crippen LogP contribution in [0.3, 0.4) is 0 Å². The fourth-order valence-electron chi connectivity index (χ4n) is 5.19. The van der Waals surface area contributed by atoms with Gasteiger partial charge in [-0.3, -0.25) is 4.79 Å². The third-order valence-electron chi connectivity index (χ3n) is 7.51. The molecule has 2 saturated carbocycles. The minimum Gasteiger partial charge on any atom is -0.461 e. The second-order valence-electron chi connectivity index (χ2n) is 10.3. The number of carbonyl (C=O) groups excluding carboxylic acids is 2. The molecule has 8 nitrogen and oxygen atoms in total. The minimum atomic E-state index is -1.38. The molecule has 2 aliphatic rings. The number of hydrogen-bond acceptors (Lipinski definition) is 7. The number of aliphatic hydroxyl groups is 2. The Bertz CT molecular complexity index is 1600. The van der Waals surface area contributed by atoms with Crippen LogP contribution in [-0.2, 0) is 4.79 Å². The Balaban J connectivity index is 0.00000180. The number of aldehydes is 1. The zero-order chi connectivity index (χ0) is 30.7. The lowest BCUT2D eigenvalue weighted by Crippen LogP contribution is -2.24. The number of aromatic nitrogens is 1. The standard InChI is InChI=1S/C31H25Cl3N2O5.CH4O/c32-23-2-1-3-24(33)26(23)28-27(29(41-36-28)17-6-7-17)31(39)40-19-10-11-20(25(34)14-19)22-15-21(22)16-4-8-18(9-5-16)30(38)35-12-13-37;1-2/h1-5,8-11,13-14,17,21-22,31,39H,6-7,12,15H2,(H,35,38);2H,1H3. The van der Waals surface area contributed by atoms with Crippen molar-refractivity contribution in [2.24, 2.45) is 0 Å². The highest BCUT2D eigenvalue weighted by Crippen LogP contribution is 2.56. The van der Waals surface area contributed by atoms with Crippen LogP contribution in [0.4, 0.5) is 0 Å². The summed E-state index contributed by atoms with van der Waals surface area (Å²) in [7, 11) is 1.00. The zero-order valence-electron chi connectivity index (χ0n) is 23.1. The van der Waals surface area contributed by atoms with Crippen molar-refractivity contribution in [2.75, 3.05) is 13.7 Å². The summed E-state index contributed by atoms with van der Waals surface area (Å²) in [5, 5.41) is 26.3. The predicted molar refractivity (Wildman–Crippen MR) is 164 cm³/mol. The summed E-state index contributed by atoms with van der Waals surface area (Å²) in [5.41, 5.74) is 3.84. The van der Waals surface area contributed by atoms with Crippen LogP contribution in [-0.4, -0.2) is 41.2 Å². The molecular formula is C32H29Cl3N2O6. The molecule has 2 aliphatic carbocycles. The van der Waals surface area contributed by atoms with Crippen molar-refractivity contribution in [1.82, 2.24) is 10.5 Å². The molecule has 43 heavy (non-hydrogen) atoms. The number of aliphatic hydroxyl groups excluding tert-OH is 2. The first-order chi connectivity index (χ1) is 20.9. The van der Waals surface area contributed by atoms with E-state index in [1.165, 1.54) is 0 Å². The Kier molecular flexibility index (Phi) is 9.74. The quantitative estimate of drug-likeness (QED) is 0.125. The highest BCUT2D eigenvalue weighted by molar-refractivity contribution is 6.39. The van der Waals surface area contributed by atoms with Gasteiger partial charge in [-0.25, -0.2) is 0 Å². The second kappa shape index (κ2) is 13.5. The van der Waals surface area contributed by atoms with E-state index in [9.17, 15) is 14.7 Å². The molecule has 11 heteroatoms. The molecule has 0 bridgehead atoms. The SMILES string of the molecule is CO.O=CCNC(=O)c1ccc(C2CC2c2ccc(OC(O)c3c(-c4c(Cl)cccc4Cl)noc3C3CC3)cc2Cl)cc1. The maximum absolute atomic E-state index is 12.1. The number of halogens is 3. The van der Waals surface area contributed by atoms with Crippen LogP contribution in [0, 0.1) is 0 Å². The number of hydrogen-bond donors (Lipinski definition) is 3. The monoisotopic (exact) mass is 642 g/mol. The van der Waals surface area contributed by atoms with Gasteiger partial charge in [-0.15, -0.1) is 0 Å². The molecule has 3 aromatic carbocycles. The van der Waals surface area contributed by atoms with Gasteiger partial charge in [-0.2, -0.15) is 0 Å². The number of carbonyl (C=O) groups is 2. The largest absolute Gasteiger partial charge is 0.461 e. The van der Waals surface area contributed by atoms with Crippen molar-refractivity contribution in [3.8, 4) is 17.0 Å². The molecule has 0 saturated heterocycles. The first-order valence-electron chi connectivity index (χ1n) is 13.7. The number of ether oxygens (including phenoxy) is 1. The molecule has 1 amide bonds. The maximum Gasteiger partial charge on any atom is 0.251 e.